The highest BCUT2D eigenvalue weighted by Gasteiger charge is 2.44. The Hall–Kier alpha value is 0.240. The van der Waals surface area contributed by atoms with Gasteiger partial charge in [0.15, 0.2) is 0 Å². The van der Waals surface area contributed by atoms with Crippen LogP contribution in [-0.4, -0.2) is 37.3 Å². The number of hydrogen-bond donors (Lipinski definition) is 1. The standard InChI is InChI=1S/C12H14F3IN2.2ClH/c13-12(14,15)11(18-6-4-17-5-7-18)9-2-1-3-10(16)8-9;;/h1-3,8,11,17H,4-7H2;2*1H/t11-;;/m0../s1. The number of nitrogens with one attached hydrogen (secondary N) is 1. The van der Waals surface area contributed by atoms with Gasteiger partial charge in [0.05, 0.1) is 0 Å². The first-order valence-corrected chi connectivity index (χ1v) is 6.83. The van der Waals surface area contributed by atoms with Gasteiger partial charge in [-0.15, -0.1) is 24.8 Å². The van der Waals surface area contributed by atoms with Crippen molar-refractivity contribution in [3.63, 3.8) is 0 Å². The SMILES string of the molecule is Cl.Cl.FC(F)(F)[C@H](c1cccc(I)c1)N1CCNCC1. The van der Waals surface area contributed by atoms with Crippen LogP contribution in [0.15, 0.2) is 24.3 Å². The zero-order valence-corrected chi connectivity index (χ0v) is 14.3. The smallest absolute Gasteiger partial charge is 0.314 e. The Labute approximate surface area is 142 Å². The maximum atomic E-state index is 13.3. The molecule has 0 aliphatic carbocycles. The molecule has 1 saturated heterocycles. The molecule has 2 rings (SSSR count). The van der Waals surface area contributed by atoms with Gasteiger partial charge >= 0.3 is 6.18 Å². The van der Waals surface area contributed by atoms with Gasteiger partial charge in [-0.25, -0.2) is 0 Å². The summed E-state index contributed by atoms with van der Waals surface area (Å²) in [6.45, 7) is 2.07. The Bertz CT molecular complexity index is 412. The number of piperazine rings is 1. The Kier molecular flexibility index (Phi) is 8.73. The summed E-state index contributed by atoms with van der Waals surface area (Å²) in [5, 5.41) is 3.07. The van der Waals surface area contributed by atoms with Gasteiger partial charge in [-0.05, 0) is 40.3 Å². The molecule has 0 saturated carbocycles. The zero-order chi connectivity index (χ0) is 13.2. The maximum absolute atomic E-state index is 13.3. The minimum Gasteiger partial charge on any atom is -0.314 e. The normalized spacial score (nSPS) is 17.8. The second-order valence-corrected chi connectivity index (χ2v) is 5.53. The number of rotatable bonds is 2. The molecule has 0 bridgehead atoms. The minimum atomic E-state index is -4.23. The van der Waals surface area contributed by atoms with Crippen LogP contribution in [0.5, 0.6) is 0 Å². The first-order valence-electron chi connectivity index (χ1n) is 5.75. The van der Waals surface area contributed by atoms with E-state index in [0.29, 0.717) is 31.7 Å². The van der Waals surface area contributed by atoms with E-state index in [1.165, 1.54) is 4.90 Å². The summed E-state index contributed by atoms with van der Waals surface area (Å²) in [6.07, 6.45) is -4.23. The third kappa shape index (κ3) is 5.22. The average Bonchev–Trinajstić information content (AvgIpc) is 2.28. The lowest BCUT2D eigenvalue weighted by atomic mass is 10.0. The second kappa shape index (κ2) is 8.63. The average molecular weight is 443 g/mol. The Morgan fingerprint density at radius 1 is 1.15 bits per heavy atom. The van der Waals surface area contributed by atoms with E-state index in [1.807, 2.05) is 22.6 Å². The summed E-state index contributed by atoms with van der Waals surface area (Å²) < 4.78 is 40.6. The summed E-state index contributed by atoms with van der Waals surface area (Å²) in [4.78, 5) is 1.50. The van der Waals surface area contributed by atoms with Crippen LogP contribution in [0.3, 0.4) is 0 Å². The Balaban J connectivity index is 0.00000180. The summed E-state index contributed by atoms with van der Waals surface area (Å²) in [5.41, 5.74) is 0.330. The minimum absolute atomic E-state index is 0. The van der Waals surface area contributed by atoms with E-state index < -0.39 is 12.2 Å². The molecule has 0 unspecified atom stereocenters. The van der Waals surface area contributed by atoms with Gasteiger partial charge in [-0.3, -0.25) is 4.90 Å². The number of nitrogens with zero attached hydrogens (tertiary/aromatic N) is 1. The highest BCUT2D eigenvalue weighted by Crippen LogP contribution is 2.38. The Morgan fingerprint density at radius 3 is 2.25 bits per heavy atom. The number of hydrogen-bond acceptors (Lipinski definition) is 2. The van der Waals surface area contributed by atoms with E-state index >= 15 is 0 Å². The molecule has 1 aliphatic heterocycles. The van der Waals surface area contributed by atoms with Crippen molar-refractivity contribution in [3.05, 3.63) is 33.4 Å². The molecule has 1 aliphatic rings. The number of alkyl halides is 3. The van der Waals surface area contributed by atoms with Crippen LogP contribution < -0.4 is 5.32 Å². The lowest BCUT2D eigenvalue weighted by Crippen LogP contribution is -2.49. The fraction of sp³-hybridized carbons (Fsp3) is 0.500. The maximum Gasteiger partial charge on any atom is 0.408 e. The van der Waals surface area contributed by atoms with Gasteiger partial charge in [-0.1, -0.05) is 12.1 Å². The molecule has 1 N–H and O–H groups in total. The van der Waals surface area contributed by atoms with Gasteiger partial charge in [0.25, 0.3) is 0 Å². The highest BCUT2D eigenvalue weighted by atomic mass is 127. The second-order valence-electron chi connectivity index (χ2n) is 4.29. The predicted octanol–water partition coefficient (Wildman–Crippen LogP) is 3.64. The van der Waals surface area contributed by atoms with E-state index in [9.17, 15) is 13.2 Å². The summed E-state index contributed by atoms with van der Waals surface area (Å²) in [5.74, 6) is 0. The lowest BCUT2D eigenvalue weighted by Gasteiger charge is -2.36. The molecule has 1 aromatic rings. The topological polar surface area (TPSA) is 15.3 Å². The molecular formula is C12H16Cl2F3IN2. The number of halogens is 6. The van der Waals surface area contributed by atoms with Crippen molar-refractivity contribution >= 4 is 47.4 Å². The van der Waals surface area contributed by atoms with Gasteiger partial charge in [0.1, 0.15) is 6.04 Å². The van der Waals surface area contributed by atoms with Crippen molar-refractivity contribution in [2.75, 3.05) is 26.2 Å². The van der Waals surface area contributed by atoms with Crippen LogP contribution in [0.2, 0.25) is 0 Å². The third-order valence-electron chi connectivity index (χ3n) is 2.99. The molecule has 2 nitrogen and oxygen atoms in total. The molecule has 20 heavy (non-hydrogen) atoms. The van der Waals surface area contributed by atoms with Crippen LogP contribution in [0.4, 0.5) is 13.2 Å². The lowest BCUT2D eigenvalue weighted by molar-refractivity contribution is -0.187. The molecule has 8 heteroatoms. The Morgan fingerprint density at radius 2 is 1.75 bits per heavy atom. The molecule has 1 fully saturated rings. The van der Waals surface area contributed by atoms with Crippen molar-refractivity contribution in [1.82, 2.24) is 10.2 Å². The molecule has 1 atom stereocenters. The molecule has 0 radical (unpaired) electrons. The van der Waals surface area contributed by atoms with Crippen molar-refractivity contribution in [2.45, 2.75) is 12.2 Å². The monoisotopic (exact) mass is 442 g/mol. The van der Waals surface area contributed by atoms with Crippen LogP contribution in [0, 0.1) is 3.57 Å². The van der Waals surface area contributed by atoms with Crippen molar-refractivity contribution in [2.24, 2.45) is 0 Å². The van der Waals surface area contributed by atoms with E-state index in [2.05, 4.69) is 5.32 Å². The molecule has 116 valence electrons. The first kappa shape index (κ1) is 20.2. The van der Waals surface area contributed by atoms with E-state index in [1.54, 1.807) is 24.3 Å². The fourth-order valence-corrected chi connectivity index (χ4v) is 2.79. The highest BCUT2D eigenvalue weighted by molar-refractivity contribution is 14.1. The van der Waals surface area contributed by atoms with E-state index in [0.717, 1.165) is 3.57 Å². The van der Waals surface area contributed by atoms with Gasteiger partial charge in [0, 0.05) is 29.7 Å². The van der Waals surface area contributed by atoms with Crippen molar-refractivity contribution in [3.8, 4) is 0 Å². The molecule has 0 spiro atoms. The zero-order valence-electron chi connectivity index (χ0n) is 10.5. The molecular weight excluding hydrogens is 427 g/mol. The van der Waals surface area contributed by atoms with Gasteiger partial charge < -0.3 is 5.32 Å². The molecule has 0 aromatic heterocycles. The quantitative estimate of drug-likeness (QED) is 0.703. The summed E-state index contributed by atoms with van der Waals surface area (Å²) >= 11 is 2.04. The van der Waals surface area contributed by atoms with Crippen molar-refractivity contribution in [1.29, 1.82) is 0 Å². The summed E-state index contributed by atoms with van der Waals surface area (Å²) in [7, 11) is 0. The molecule has 0 amide bonds. The van der Waals surface area contributed by atoms with Crippen LogP contribution in [-0.2, 0) is 0 Å². The first-order chi connectivity index (χ1) is 8.48. The van der Waals surface area contributed by atoms with Crippen molar-refractivity contribution < 1.29 is 13.2 Å². The fourth-order valence-electron chi connectivity index (χ4n) is 2.22. The molecule has 1 aromatic carbocycles. The van der Waals surface area contributed by atoms with E-state index in [-0.39, 0.29) is 24.8 Å². The van der Waals surface area contributed by atoms with Crippen LogP contribution >= 0.6 is 47.4 Å². The summed E-state index contributed by atoms with van der Waals surface area (Å²) in [6, 6.07) is 5.16. The number of benzene rings is 1. The third-order valence-corrected chi connectivity index (χ3v) is 3.66. The molecule has 1 heterocycles. The van der Waals surface area contributed by atoms with E-state index in [4.69, 9.17) is 0 Å². The largest absolute Gasteiger partial charge is 0.408 e. The van der Waals surface area contributed by atoms with Crippen LogP contribution in [0.25, 0.3) is 0 Å². The van der Waals surface area contributed by atoms with Gasteiger partial charge in [0.2, 0.25) is 0 Å². The van der Waals surface area contributed by atoms with Gasteiger partial charge in [-0.2, -0.15) is 13.2 Å². The van der Waals surface area contributed by atoms with Crippen LogP contribution in [0.1, 0.15) is 11.6 Å². The predicted molar refractivity (Wildman–Crippen MR) is 86.9 cm³/mol.